The fourth-order valence-corrected chi connectivity index (χ4v) is 4.08. The summed E-state index contributed by atoms with van der Waals surface area (Å²) in [5.41, 5.74) is 7.33. The average Bonchev–Trinajstić information content (AvgIpc) is 3.22. The van der Waals surface area contributed by atoms with Gasteiger partial charge in [-0.3, -0.25) is 4.79 Å². The van der Waals surface area contributed by atoms with Gasteiger partial charge in [-0.25, -0.2) is 14.7 Å². The summed E-state index contributed by atoms with van der Waals surface area (Å²) in [7, 11) is 0. The van der Waals surface area contributed by atoms with Gasteiger partial charge in [0.05, 0.1) is 5.71 Å². The summed E-state index contributed by atoms with van der Waals surface area (Å²) in [6, 6.07) is 9.30. The van der Waals surface area contributed by atoms with Crippen LogP contribution in [0.1, 0.15) is 45.6 Å². The molecule has 3 N–H and O–H groups in total. The minimum atomic E-state index is -1.30. The first kappa shape index (κ1) is 16.9. The number of nitrogens with two attached hydrogens (primary N) is 1. The molecule has 1 aliphatic rings. The molecule has 0 fully saturated rings. The van der Waals surface area contributed by atoms with Crippen LogP contribution in [-0.4, -0.2) is 31.5 Å². The van der Waals surface area contributed by atoms with Crippen molar-refractivity contribution in [3.63, 3.8) is 0 Å². The van der Waals surface area contributed by atoms with Gasteiger partial charge in [0, 0.05) is 21.0 Å². The fraction of sp³-hybridized carbons (Fsp3) is 0.176. The monoisotopic (exact) mass is 387 g/mol. The van der Waals surface area contributed by atoms with E-state index in [4.69, 9.17) is 17.3 Å². The minimum Gasteiger partial charge on any atom is -0.365 e. The zero-order valence-electron chi connectivity index (χ0n) is 13.7. The van der Waals surface area contributed by atoms with Crippen molar-refractivity contribution in [3.05, 3.63) is 63.0 Å². The Kier molecular flexibility index (Phi) is 4.10. The molecule has 1 unspecified atom stereocenters. The zero-order chi connectivity index (χ0) is 18.4. The number of aliphatic imine (C=N–C) groups is 1. The number of fused-ring (bicyclic) bond motifs is 3. The Morgan fingerprint density at radius 3 is 2.85 bits per heavy atom. The van der Waals surface area contributed by atoms with Crippen LogP contribution in [0.3, 0.4) is 0 Å². The molecule has 26 heavy (non-hydrogen) atoms. The maximum atomic E-state index is 11.5. The van der Waals surface area contributed by atoms with Crippen molar-refractivity contribution in [1.82, 2.24) is 14.8 Å². The Morgan fingerprint density at radius 2 is 2.15 bits per heavy atom. The van der Waals surface area contributed by atoms with Crippen LogP contribution >= 0.6 is 22.9 Å². The summed E-state index contributed by atoms with van der Waals surface area (Å²) in [5, 5.41) is 16.0. The molecule has 0 bridgehead atoms. The van der Waals surface area contributed by atoms with Crippen molar-refractivity contribution in [1.29, 1.82) is 0 Å². The van der Waals surface area contributed by atoms with Crippen molar-refractivity contribution >= 4 is 34.6 Å². The lowest BCUT2D eigenvalue weighted by Gasteiger charge is -2.08. The Hall–Kier alpha value is -2.55. The first-order chi connectivity index (χ1) is 12.5. The minimum absolute atomic E-state index is 0.145. The second kappa shape index (κ2) is 6.31. The third kappa shape index (κ3) is 2.63. The van der Waals surface area contributed by atoms with E-state index in [9.17, 15) is 9.90 Å². The average molecular weight is 388 g/mol. The number of primary amides is 1. The molecule has 132 valence electrons. The number of carbonyl (C=O) groups is 1. The first-order valence-corrected chi connectivity index (χ1v) is 9.10. The van der Waals surface area contributed by atoms with Gasteiger partial charge in [0.1, 0.15) is 5.00 Å². The van der Waals surface area contributed by atoms with E-state index in [0.717, 1.165) is 16.9 Å². The van der Waals surface area contributed by atoms with E-state index >= 15 is 0 Å². The van der Waals surface area contributed by atoms with Gasteiger partial charge in [0.15, 0.2) is 5.82 Å². The maximum Gasteiger partial charge on any atom is 0.288 e. The Bertz CT molecular complexity index is 1060. The molecule has 3 heterocycles. The van der Waals surface area contributed by atoms with E-state index in [2.05, 4.69) is 15.1 Å². The molecular weight excluding hydrogens is 374 g/mol. The molecule has 1 atom stereocenters. The van der Waals surface area contributed by atoms with Crippen molar-refractivity contribution in [2.75, 3.05) is 0 Å². The molecule has 0 radical (unpaired) electrons. The highest BCUT2D eigenvalue weighted by Crippen LogP contribution is 2.35. The molecule has 0 saturated heterocycles. The smallest absolute Gasteiger partial charge is 0.288 e. The quantitative estimate of drug-likeness (QED) is 0.719. The number of thiophene rings is 1. The predicted octanol–water partition coefficient (Wildman–Crippen LogP) is 2.49. The molecule has 4 rings (SSSR count). The summed E-state index contributed by atoms with van der Waals surface area (Å²) in [5.74, 6) is -0.777. The summed E-state index contributed by atoms with van der Waals surface area (Å²) < 4.78 is 1.44. The summed E-state index contributed by atoms with van der Waals surface area (Å²) in [6.07, 6.45) is -0.477. The molecule has 2 aromatic heterocycles. The standard InChI is InChI=1S/C17H14ClN5O2S/c1-2-8-7-10-12(9-5-3-4-6-11(9)18)20-16(25)15-21-14(13(19)24)22-23(15)17(10)26-8/h3-7,16,25H,2H2,1H3,(H2,19,24). The number of aromatic nitrogens is 3. The van der Waals surface area contributed by atoms with Crippen LogP contribution in [0.5, 0.6) is 0 Å². The van der Waals surface area contributed by atoms with Gasteiger partial charge < -0.3 is 10.8 Å². The largest absolute Gasteiger partial charge is 0.365 e. The number of hydrogen-bond donors (Lipinski definition) is 2. The van der Waals surface area contributed by atoms with Crippen LogP contribution in [0.25, 0.3) is 5.00 Å². The Balaban J connectivity index is 2.00. The molecule has 3 aromatic rings. The third-order valence-electron chi connectivity index (χ3n) is 4.02. The number of benzene rings is 1. The van der Waals surface area contributed by atoms with E-state index in [0.29, 0.717) is 21.3 Å². The topological polar surface area (TPSA) is 106 Å². The van der Waals surface area contributed by atoms with Gasteiger partial charge in [-0.15, -0.1) is 16.4 Å². The summed E-state index contributed by atoms with van der Waals surface area (Å²) >= 11 is 7.86. The molecule has 1 amide bonds. The van der Waals surface area contributed by atoms with Crippen LogP contribution in [-0.2, 0) is 6.42 Å². The van der Waals surface area contributed by atoms with Crippen LogP contribution in [0, 0.1) is 0 Å². The number of halogens is 1. The van der Waals surface area contributed by atoms with Gasteiger partial charge in [-0.05, 0) is 18.6 Å². The van der Waals surface area contributed by atoms with Gasteiger partial charge in [-0.2, -0.15) is 0 Å². The van der Waals surface area contributed by atoms with Gasteiger partial charge in [-0.1, -0.05) is 36.7 Å². The van der Waals surface area contributed by atoms with E-state index in [1.165, 1.54) is 16.0 Å². The number of rotatable bonds is 3. The molecule has 0 aliphatic carbocycles. The maximum absolute atomic E-state index is 11.5. The highest BCUT2D eigenvalue weighted by atomic mass is 35.5. The zero-order valence-corrected chi connectivity index (χ0v) is 15.3. The van der Waals surface area contributed by atoms with Crippen molar-refractivity contribution in [2.24, 2.45) is 10.7 Å². The van der Waals surface area contributed by atoms with Crippen LogP contribution in [0.2, 0.25) is 5.02 Å². The van der Waals surface area contributed by atoms with E-state index in [1.807, 2.05) is 31.2 Å². The summed E-state index contributed by atoms with van der Waals surface area (Å²) in [6.45, 7) is 2.05. The van der Waals surface area contributed by atoms with Crippen molar-refractivity contribution in [2.45, 2.75) is 19.6 Å². The van der Waals surface area contributed by atoms with Gasteiger partial charge in [0.2, 0.25) is 12.1 Å². The third-order valence-corrected chi connectivity index (χ3v) is 5.61. The number of aliphatic hydroxyl groups is 1. The van der Waals surface area contributed by atoms with Crippen molar-refractivity contribution in [3.8, 4) is 5.00 Å². The second-order valence-electron chi connectivity index (χ2n) is 5.69. The number of nitrogens with zero attached hydrogens (tertiary/aromatic N) is 4. The highest BCUT2D eigenvalue weighted by molar-refractivity contribution is 7.15. The van der Waals surface area contributed by atoms with Crippen molar-refractivity contribution < 1.29 is 9.90 Å². The summed E-state index contributed by atoms with van der Waals surface area (Å²) in [4.78, 5) is 21.1. The highest BCUT2D eigenvalue weighted by Gasteiger charge is 2.30. The normalized spacial score (nSPS) is 15.8. The number of aliphatic hydroxyl groups excluding tert-OH is 1. The predicted molar refractivity (Wildman–Crippen MR) is 99.2 cm³/mol. The second-order valence-corrected chi connectivity index (χ2v) is 7.21. The van der Waals surface area contributed by atoms with E-state index in [-0.39, 0.29) is 11.6 Å². The molecule has 0 saturated carbocycles. The molecule has 9 heteroatoms. The molecule has 1 aliphatic heterocycles. The van der Waals surface area contributed by atoms with E-state index < -0.39 is 12.1 Å². The lowest BCUT2D eigenvalue weighted by atomic mass is 10.0. The molecular formula is C17H14ClN5O2S. The lowest BCUT2D eigenvalue weighted by Crippen LogP contribution is -2.14. The number of hydrogen-bond acceptors (Lipinski definition) is 6. The first-order valence-electron chi connectivity index (χ1n) is 7.90. The molecule has 1 aromatic carbocycles. The van der Waals surface area contributed by atoms with Crippen LogP contribution < -0.4 is 5.73 Å². The van der Waals surface area contributed by atoms with Gasteiger partial charge in [0.25, 0.3) is 5.91 Å². The van der Waals surface area contributed by atoms with Gasteiger partial charge >= 0.3 is 0 Å². The Morgan fingerprint density at radius 1 is 1.38 bits per heavy atom. The molecule has 0 spiro atoms. The number of amides is 1. The lowest BCUT2D eigenvalue weighted by molar-refractivity contribution is 0.0990. The van der Waals surface area contributed by atoms with Crippen LogP contribution in [0.15, 0.2) is 35.3 Å². The number of carbonyl (C=O) groups excluding carboxylic acids is 1. The fourth-order valence-electron chi connectivity index (χ4n) is 2.80. The SMILES string of the molecule is CCc1cc2c(s1)-n1nc(C(N)=O)nc1C(O)N=C2c1ccccc1Cl. The van der Waals surface area contributed by atoms with Crippen LogP contribution in [0.4, 0.5) is 0 Å². The molecule has 7 nitrogen and oxygen atoms in total. The number of aryl methyl sites for hydroxylation is 1. The van der Waals surface area contributed by atoms with E-state index in [1.54, 1.807) is 6.07 Å². The Labute approximate surface area is 157 Å².